The predicted octanol–water partition coefficient (Wildman–Crippen LogP) is 5.43. The molecule has 9 N–H and O–H groups in total. The summed E-state index contributed by atoms with van der Waals surface area (Å²) in [6, 6.07) is 12.4. The van der Waals surface area contributed by atoms with Gasteiger partial charge in [-0.05, 0) is 135 Å². The van der Waals surface area contributed by atoms with Gasteiger partial charge in [-0.25, -0.2) is 0 Å². The Labute approximate surface area is 420 Å². The minimum absolute atomic E-state index is 0.0243. The van der Waals surface area contributed by atoms with E-state index in [1.165, 1.54) is 6.92 Å². The monoisotopic (exact) mass is 986 g/mol. The number of carboxylic acid groups (broad SMARTS) is 1. The molecule has 0 bridgehead atoms. The van der Waals surface area contributed by atoms with E-state index < -0.39 is 83.0 Å². The summed E-state index contributed by atoms with van der Waals surface area (Å²) in [5.74, 6) is -4.82. The number of carbonyl (C=O) groups is 6. The molecule has 14 atom stereocenters. The van der Waals surface area contributed by atoms with Crippen LogP contribution in [0.5, 0.6) is 0 Å². The quantitative estimate of drug-likeness (QED) is 0.0719. The van der Waals surface area contributed by atoms with Crippen molar-refractivity contribution in [1.29, 1.82) is 0 Å². The van der Waals surface area contributed by atoms with Gasteiger partial charge in [0.25, 0.3) is 0 Å². The van der Waals surface area contributed by atoms with Gasteiger partial charge in [0.05, 0.1) is 0 Å². The zero-order chi connectivity index (χ0) is 52.0. The normalized spacial score (nSPS) is 29.1. The van der Waals surface area contributed by atoms with Gasteiger partial charge >= 0.3 is 5.97 Å². The van der Waals surface area contributed by atoms with Crippen LogP contribution in [0.2, 0.25) is 0 Å². The molecular weight excluding hydrogens is 903 g/mol. The number of hydrogen-bond acceptors (Lipinski definition) is 9. The van der Waals surface area contributed by atoms with Crippen molar-refractivity contribution in [3.8, 4) is 0 Å². The van der Waals surface area contributed by atoms with Crippen molar-refractivity contribution in [1.82, 2.24) is 26.6 Å². The molecular formula is C56H83N5O10. The number of amides is 5. The highest BCUT2D eigenvalue weighted by Gasteiger charge is 2.67. The Kier molecular flexibility index (Phi) is 18.2. The third kappa shape index (κ3) is 12.5. The summed E-state index contributed by atoms with van der Waals surface area (Å²) >= 11 is 0. The van der Waals surface area contributed by atoms with Crippen LogP contribution in [0.15, 0.2) is 60.7 Å². The first-order valence-electron chi connectivity index (χ1n) is 26.4. The Morgan fingerprint density at radius 3 is 1.75 bits per heavy atom. The minimum Gasteiger partial charge on any atom is -0.480 e. The second-order valence-corrected chi connectivity index (χ2v) is 23.0. The van der Waals surface area contributed by atoms with Crippen molar-refractivity contribution in [3.63, 3.8) is 0 Å². The summed E-state index contributed by atoms with van der Waals surface area (Å²) in [4.78, 5) is 81.6. The average molecular weight is 986 g/mol. The van der Waals surface area contributed by atoms with E-state index in [0.29, 0.717) is 37.0 Å². The maximum absolute atomic E-state index is 14.3. The van der Waals surface area contributed by atoms with Gasteiger partial charge in [0, 0.05) is 24.7 Å². The van der Waals surface area contributed by atoms with Crippen molar-refractivity contribution in [2.45, 2.75) is 181 Å². The van der Waals surface area contributed by atoms with E-state index in [1.807, 2.05) is 32.9 Å². The molecule has 15 heteroatoms. The van der Waals surface area contributed by atoms with Crippen LogP contribution in [0, 0.1) is 58.2 Å². The number of aliphatic hydroxyl groups excluding tert-OH is 1. The Morgan fingerprint density at radius 1 is 0.634 bits per heavy atom. The molecule has 0 aromatic heterocycles. The molecule has 0 aliphatic heterocycles. The molecule has 0 spiro atoms. The molecule has 2 unspecified atom stereocenters. The molecule has 2 aromatic carbocycles. The summed E-state index contributed by atoms with van der Waals surface area (Å²) < 4.78 is 0. The summed E-state index contributed by atoms with van der Waals surface area (Å²) in [7, 11) is 0. The summed E-state index contributed by atoms with van der Waals surface area (Å²) in [6.07, 6.45) is 7.34. The smallest absolute Gasteiger partial charge is 0.325 e. The van der Waals surface area contributed by atoms with Crippen molar-refractivity contribution in [2.75, 3.05) is 0 Å². The second kappa shape index (κ2) is 23.3. The van der Waals surface area contributed by atoms with Gasteiger partial charge in [-0.2, -0.15) is 0 Å². The lowest BCUT2D eigenvalue weighted by Crippen LogP contribution is -2.68. The number of carbonyl (C=O) groups excluding carboxylic acids is 5. The Balaban J connectivity index is 1.09. The largest absolute Gasteiger partial charge is 0.480 e. The van der Waals surface area contributed by atoms with Crippen molar-refractivity contribution in [2.24, 2.45) is 58.2 Å². The lowest BCUT2D eigenvalue weighted by molar-refractivity contribution is -0.349. The standard InChI is InChI=1S/C56H83N5O10/c1-32(2)29-43(58-47(63)26-19-34(5)40-23-24-41-39-22-20-38-21-25-46(62)56(70,71)55(38,8)42(39)27-28-54(40,41)7)51(66)61-48(33(3)4)52(67)60-45(31-37-17-13-10-14-18-37)50(65)59-44(30-36-15-11-9-12-16-36)49(64)57-35(6)53(68)69/h9-18,32-35,38-46,48,62,70-71H,19-31H2,1-8H3,(H,57,64)(H,58,63)(H,59,65)(H,60,67)(H,61,66)(H,68,69)/t34-,35+,38?,39+,40-,41+,42+,43+,44+,45+,46?,48+,54-,55+/m1/s1. The van der Waals surface area contributed by atoms with Gasteiger partial charge in [0.2, 0.25) is 29.5 Å². The first-order chi connectivity index (χ1) is 33.5. The Morgan fingerprint density at radius 2 is 1.18 bits per heavy atom. The van der Waals surface area contributed by atoms with Crippen LogP contribution in [0.25, 0.3) is 0 Å². The van der Waals surface area contributed by atoms with Crippen LogP contribution >= 0.6 is 0 Å². The number of rotatable bonds is 21. The molecule has 4 fully saturated rings. The second-order valence-electron chi connectivity index (χ2n) is 23.0. The first-order valence-corrected chi connectivity index (χ1v) is 26.4. The maximum Gasteiger partial charge on any atom is 0.325 e. The Bertz CT molecular complexity index is 2170. The van der Waals surface area contributed by atoms with E-state index in [1.54, 1.807) is 62.4 Å². The molecule has 6 rings (SSSR count). The fourth-order valence-electron chi connectivity index (χ4n) is 13.7. The van der Waals surface area contributed by atoms with Gasteiger partial charge < -0.3 is 47.0 Å². The molecule has 15 nitrogen and oxygen atoms in total. The predicted molar refractivity (Wildman–Crippen MR) is 270 cm³/mol. The van der Waals surface area contributed by atoms with Gasteiger partial charge in [-0.1, -0.05) is 109 Å². The molecule has 4 aliphatic rings. The zero-order valence-electron chi connectivity index (χ0n) is 43.3. The highest BCUT2D eigenvalue weighted by Crippen LogP contribution is 2.69. The van der Waals surface area contributed by atoms with Crippen molar-refractivity contribution < 1.29 is 49.2 Å². The SMILES string of the molecule is CC(C)C[C@H](NC(=O)CC[C@@H](C)[C@H]1CC[C@H]2[C@@H]3CCC4CCC(O)C(O)(O)[C@]4(C)[C@H]3CC[C@]12C)C(=O)N[C@H](C(=O)N[C@@H](Cc1ccccc1)C(=O)N[C@@H](Cc1ccccc1)C(=O)N[C@@H](C)C(=O)O)C(C)C. The fraction of sp³-hybridized carbons (Fsp3) is 0.679. The molecule has 71 heavy (non-hydrogen) atoms. The number of aliphatic carboxylic acids is 1. The third-order valence-electron chi connectivity index (χ3n) is 17.7. The lowest BCUT2D eigenvalue weighted by atomic mass is 9.43. The number of fused-ring (bicyclic) bond motifs is 5. The first kappa shape index (κ1) is 55.5. The third-order valence-corrected chi connectivity index (χ3v) is 17.7. The molecule has 2 aromatic rings. The molecule has 392 valence electrons. The fourth-order valence-corrected chi connectivity index (χ4v) is 13.7. The molecule has 0 radical (unpaired) electrons. The van der Waals surface area contributed by atoms with Crippen LogP contribution in [-0.4, -0.2) is 98.0 Å². The highest BCUT2D eigenvalue weighted by atomic mass is 16.5. The Hall–Kier alpha value is -4.86. The number of aliphatic hydroxyl groups is 3. The van der Waals surface area contributed by atoms with E-state index in [-0.39, 0.29) is 54.3 Å². The summed E-state index contributed by atoms with van der Waals surface area (Å²) in [5.41, 5.74) is 0.740. The molecule has 4 saturated carbocycles. The number of carboxylic acids is 1. The zero-order valence-corrected chi connectivity index (χ0v) is 43.3. The maximum atomic E-state index is 14.3. The van der Waals surface area contributed by atoms with E-state index in [4.69, 9.17) is 0 Å². The van der Waals surface area contributed by atoms with Gasteiger partial charge in [-0.15, -0.1) is 0 Å². The van der Waals surface area contributed by atoms with Crippen LogP contribution in [0.3, 0.4) is 0 Å². The molecule has 4 aliphatic carbocycles. The van der Waals surface area contributed by atoms with Crippen molar-refractivity contribution >= 4 is 35.5 Å². The average Bonchev–Trinajstić information content (AvgIpc) is 3.68. The van der Waals surface area contributed by atoms with Crippen LogP contribution in [-0.2, 0) is 41.6 Å². The topological polar surface area (TPSA) is 243 Å². The number of benzene rings is 2. The summed E-state index contributed by atoms with van der Waals surface area (Å²) in [6.45, 7) is 15.4. The van der Waals surface area contributed by atoms with Gasteiger partial charge in [0.15, 0.2) is 5.79 Å². The van der Waals surface area contributed by atoms with E-state index in [9.17, 15) is 49.2 Å². The molecule has 5 amide bonds. The van der Waals surface area contributed by atoms with Gasteiger partial charge in [-0.3, -0.25) is 28.8 Å². The summed E-state index contributed by atoms with van der Waals surface area (Å²) in [5, 5.41) is 57.1. The highest BCUT2D eigenvalue weighted by molar-refractivity contribution is 5.96. The minimum atomic E-state index is -2.11. The number of hydrogen-bond donors (Lipinski definition) is 9. The van der Waals surface area contributed by atoms with Crippen LogP contribution in [0.1, 0.15) is 137 Å². The van der Waals surface area contributed by atoms with E-state index in [2.05, 4.69) is 40.4 Å². The lowest BCUT2D eigenvalue weighted by Gasteiger charge is -2.64. The van der Waals surface area contributed by atoms with Crippen molar-refractivity contribution in [3.05, 3.63) is 71.8 Å². The number of nitrogens with one attached hydrogen (secondary N) is 5. The molecule has 0 heterocycles. The van der Waals surface area contributed by atoms with E-state index >= 15 is 0 Å². The van der Waals surface area contributed by atoms with Crippen LogP contribution in [0.4, 0.5) is 0 Å². The van der Waals surface area contributed by atoms with Gasteiger partial charge in [0.1, 0.15) is 36.3 Å². The van der Waals surface area contributed by atoms with Crippen LogP contribution < -0.4 is 26.6 Å². The van der Waals surface area contributed by atoms with E-state index in [0.717, 1.165) is 56.1 Å². The molecule has 0 saturated heterocycles.